The van der Waals surface area contributed by atoms with Gasteiger partial charge in [-0.1, -0.05) is 6.92 Å². The average molecular weight is 239 g/mol. The highest BCUT2D eigenvalue weighted by molar-refractivity contribution is 5.71. The fourth-order valence-electron chi connectivity index (χ4n) is 1.66. The number of aliphatic carboxylic acids is 1. The summed E-state index contributed by atoms with van der Waals surface area (Å²) < 4.78 is 36.8. The van der Waals surface area contributed by atoms with Gasteiger partial charge in [-0.15, -0.1) is 0 Å². The first-order valence-electron chi connectivity index (χ1n) is 5.31. The van der Waals surface area contributed by atoms with Gasteiger partial charge in [0.15, 0.2) is 5.92 Å². The Morgan fingerprint density at radius 2 is 2.06 bits per heavy atom. The summed E-state index contributed by atoms with van der Waals surface area (Å²) in [5.74, 6) is -4.12. The third kappa shape index (κ3) is 3.37. The Morgan fingerprint density at radius 1 is 1.50 bits per heavy atom. The Balaban J connectivity index is 2.37. The second-order valence-electron chi connectivity index (χ2n) is 4.42. The molecular weight excluding hydrogens is 223 g/mol. The SMILES string of the molecule is CCC1(CNCC(C(=O)O)C(F)(F)F)CC1. The first-order valence-corrected chi connectivity index (χ1v) is 5.31. The first-order chi connectivity index (χ1) is 7.31. The van der Waals surface area contributed by atoms with Crippen LogP contribution in [0.1, 0.15) is 26.2 Å². The molecule has 1 aliphatic rings. The Kier molecular flexibility index (Phi) is 3.83. The van der Waals surface area contributed by atoms with Crippen molar-refractivity contribution in [3.63, 3.8) is 0 Å². The van der Waals surface area contributed by atoms with Crippen molar-refractivity contribution in [2.24, 2.45) is 11.3 Å². The first kappa shape index (κ1) is 13.3. The van der Waals surface area contributed by atoms with Gasteiger partial charge in [-0.05, 0) is 24.7 Å². The van der Waals surface area contributed by atoms with Gasteiger partial charge >= 0.3 is 12.1 Å². The van der Waals surface area contributed by atoms with Crippen LogP contribution in [0.25, 0.3) is 0 Å². The summed E-state index contributed by atoms with van der Waals surface area (Å²) in [6, 6.07) is 0. The molecule has 0 aromatic heterocycles. The molecule has 1 saturated carbocycles. The third-order valence-electron chi connectivity index (χ3n) is 3.25. The Labute approximate surface area is 92.0 Å². The molecule has 0 aliphatic heterocycles. The summed E-state index contributed by atoms with van der Waals surface area (Å²) in [4.78, 5) is 10.4. The molecule has 0 heterocycles. The largest absolute Gasteiger partial charge is 0.481 e. The monoisotopic (exact) mass is 239 g/mol. The standard InChI is InChI=1S/C10H16F3NO2/c1-2-9(3-4-9)6-14-5-7(8(15)16)10(11,12)13/h7,14H,2-6H2,1H3,(H,15,16). The molecule has 2 N–H and O–H groups in total. The molecule has 0 amide bonds. The smallest absolute Gasteiger partial charge is 0.403 e. The summed E-state index contributed by atoms with van der Waals surface area (Å²) in [7, 11) is 0. The zero-order valence-electron chi connectivity index (χ0n) is 9.10. The van der Waals surface area contributed by atoms with Crippen LogP contribution in [-0.2, 0) is 4.79 Å². The summed E-state index contributed by atoms with van der Waals surface area (Å²) in [5.41, 5.74) is 0.120. The van der Waals surface area contributed by atoms with Crippen LogP contribution in [0, 0.1) is 11.3 Å². The predicted molar refractivity (Wildman–Crippen MR) is 52.0 cm³/mol. The molecule has 3 nitrogen and oxygen atoms in total. The number of hydrogen-bond donors (Lipinski definition) is 2. The van der Waals surface area contributed by atoms with Crippen LogP contribution < -0.4 is 5.32 Å². The maximum absolute atomic E-state index is 12.3. The summed E-state index contributed by atoms with van der Waals surface area (Å²) >= 11 is 0. The van der Waals surface area contributed by atoms with Gasteiger partial charge < -0.3 is 10.4 Å². The van der Waals surface area contributed by atoms with E-state index in [2.05, 4.69) is 5.32 Å². The zero-order valence-corrected chi connectivity index (χ0v) is 9.10. The Hall–Kier alpha value is -0.780. The van der Waals surface area contributed by atoms with Crippen LogP contribution in [0.2, 0.25) is 0 Å². The van der Waals surface area contributed by atoms with E-state index in [4.69, 9.17) is 5.11 Å². The van der Waals surface area contributed by atoms with Crippen molar-refractivity contribution in [1.29, 1.82) is 0 Å². The van der Waals surface area contributed by atoms with Gasteiger partial charge in [0, 0.05) is 13.1 Å². The minimum Gasteiger partial charge on any atom is -0.481 e. The Bertz CT molecular complexity index is 261. The molecule has 0 aromatic rings. The topological polar surface area (TPSA) is 49.3 Å². The van der Waals surface area contributed by atoms with Crippen molar-refractivity contribution in [2.45, 2.75) is 32.4 Å². The molecular formula is C10H16F3NO2. The molecule has 0 bridgehead atoms. The summed E-state index contributed by atoms with van der Waals surface area (Å²) in [5, 5.41) is 11.1. The number of rotatable bonds is 6. The normalized spacial score (nSPS) is 20.5. The minimum absolute atomic E-state index is 0.120. The van der Waals surface area contributed by atoms with Crippen LogP contribution >= 0.6 is 0 Å². The molecule has 1 unspecified atom stereocenters. The lowest BCUT2D eigenvalue weighted by Gasteiger charge is -2.19. The highest BCUT2D eigenvalue weighted by Gasteiger charge is 2.46. The van der Waals surface area contributed by atoms with E-state index in [0.717, 1.165) is 19.3 Å². The molecule has 0 saturated heterocycles. The van der Waals surface area contributed by atoms with Crippen LogP contribution in [-0.4, -0.2) is 30.3 Å². The molecule has 0 aromatic carbocycles. The van der Waals surface area contributed by atoms with Crippen LogP contribution in [0.4, 0.5) is 13.2 Å². The van der Waals surface area contributed by atoms with Gasteiger partial charge in [0.1, 0.15) is 0 Å². The van der Waals surface area contributed by atoms with E-state index in [1.165, 1.54) is 0 Å². The maximum Gasteiger partial charge on any atom is 0.403 e. The number of hydrogen-bond acceptors (Lipinski definition) is 2. The maximum atomic E-state index is 12.3. The van der Waals surface area contributed by atoms with E-state index < -0.39 is 24.6 Å². The van der Waals surface area contributed by atoms with Gasteiger partial charge in [-0.3, -0.25) is 4.79 Å². The van der Waals surface area contributed by atoms with Gasteiger partial charge in [0.05, 0.1) is 0 Å². The minimum atomic E-state index is -4.68. The average Bonchev–Trinajstić information content (AvgIpc) is 2.90. The number of carbonyl (C=O) groups is 1. The Morgan fingerprint density at radius 3 is 2.38 bits per heavy atom. The van der Waals surface area contributed by atoms with Crippen molar-refractivity contribution in [1.82, 2.24) is 5.32 Å². The molecule has 6 heteroatoms. The van der Waals surface area contributed by atoms with E-state index >= 15 is 0 Å². The van der Waals surface area contributed by atoms with E-state index in [9.17, 15) is 18.0 Å². The fourth-order valence-corrected chi connectivity index (χ4v) is 1.66. The molecule has 1 fully saturated rings. The number of nitrogens with one attached hydrogen (secondary N) is 1. The van der Waals surface area contributed by atoms with E-state index in [1.54, 1.807) is 0 Å². The lowest BCUT2D eigenvalue weighted by Crippen LogP contribution is -2.40. The van der Waals surface area contributed by atoms with E-state index in [-0.39, 0.29) is 5.41 Å². The van der Waals surface area contributed by atoms with Crippen molar-refractivity contribution < 1.29 is 23.1 Å². The number of halogens is 3. The zero-order chi connectivity index (χ0) is 12.4. The van der Waals surface area contributed by atoms with Crippen LogP contribution in [0.5, 0.6) is 0 Å². The number of carboxylic acids is 1. The molecule has 0 spiro atoms. The molecule has 1 aliphatic carbocycles. The quantitative estimate of drug-likeness (QED) is 0.745. The van der Waals surface area contributed by atoms with Crippen molar-refractivity contribution in [3.8, 4) is 0 Å². The molecule has 1 rings (SSSR count). The summed E-state index contributed by atoms with van der Waals surface area (Å²) in [6.07, 6.45) is -1.73. The number of carboxylic acid groups (broad SMARTS) is 1. The highest BCUT2D eigenvalue weighted by atomic mass is 19.4. The fraction of sp³-hybridized carbons (Fsp3) is 0.900. The molecule has 94 valence electrons. The van der Waals surface area contributed by atoms with E-state index in [0.29, 0.717) is 6.54 Å². The lowest BCUT2D eigenvalue weighted by molar-refractivity contribution is -0.192. The number of alkyl halides is 3. The van der Waals surface area contributed by atoms with E-state index in [1.807, 2.05) is 6.92 Å². The third-order valence-corrected chi connectivity index (χ3v) is 3.25. The summed E-state index contributed by atoms with van der Waals surface area (Å²) in [6.45, 7) is 1.93. The second kappa shape index (κ2) is 4.61. The molecule has 1 atom stereocenters. The molecule has 16 heavy (non-hydrogen) atoms. The van der Waals surface area contributed by atoms with Crippen LogP contribution in [0.3, 0.4) is 0 Å². The van der Waals surface area contributed by atoms with Gasteiger partial charge in [-0.2, -0.15) is 13.2 Å². The molecule has 0 radical (unpaired) electrons. The highest BCUT2D eigenvalue weighted by Crippen LogP contribution is 2.47. The van der Waals surface area contributed by atoms with Crippen molar-refractivity contribution in [2.75, 3.05) is 13.1 Å². The lowest BCUT2D eigenvalue weighted by atomic mass is 10.0. The van der Waals surface area contributed by atoms with Crippen LogP contribution in [0.15, 0.2) is 0 Å². The second-order valence-corrected chi connectivity index (χ2v) is 4.42. The predicted octanol–water partition coefficient (Wildman–Crippen LogP) is 2.03. The van der Waals surface area contributed by atoms with Crippen molar-refractivity contribution in [3.05, 3.63) is 0 Å². The van der Waals surface area contributed by atoms with Gasteiger partial charge in [-0.25, -0.2) is 0 Å². The van der Waals surface area contributed by atoms with Crippen molar-refractivity contribution >= 4 is 5.97 Å². The van der Waals surface area contributed by atoms with Gasteiger partial charge in [0.2, 0.25) is 0 Å². The van der Waals surface area contributed by atoms with Gasteiger partial charge in [0.25, 0.3) is 0 Å².